The Balaban J connectivity index is 2.44. The van der Waals surface area contributed by atoms with Crippen molar-refractivity contribution < 1.29 is 17.7 Å². The van der Waals surface area contributed by atoms with E-state index in [1.54, 1.807) is 0 Å². The van der Waals surface area contributed by atoms with E-state index in [1.807, 2.05) is 30.3 Å². The van der Waals surface area contributed by atoms with Crippen LogP contribution in [0.15, 0.2) is 30.3 Å². The van der Waals surface area contributed by atoms with Crippen LogP contribution >= 0.6 is 0 Å². The summed E-state index contributed by atoms with van der Waals surface area (Å²) in [5, 5.41) is 8.95. The van der Waals surface area contributed by atoms with Crippen molar-refractivity contribution in [3.63, 3.8) is 0 Å². The second-order valence-electron chi connectivity index (χ2n) is 3.82. The van der Waals surface area contributed by atoms with Crippen LogP contribution in [0.4, 0.5) is 0 Å². The molecule has 98 valence electrons. The molecule has 1 aromatic carbocycles. The Bertz CT molecular complexity index is 511. The molecule has 0 bridgehead atoms. The van der Waals surface area contributed by atoms with Gasteiger partial charge in [0.2, 0.25) is 0 Å². The van der Waals surface area contributed by atoms with Gasteiger partial charge in [0.25, 0.3) is 10.1 Å². The van der Waals surface area contributed by atoms with E-state index in [9.17, 15) is 8.42 Å². The van der Waals surface area contributed by atoms with E-state index >= 15 is 0 Å². The summed E-state index contributed by atoms with van der Waals surface area (Å²) in [6.07, 6.45) is 0.949. The lowest BCUT2D eigenvalue weighted by atomic mass is 10.1. The predicted molar refractivity (Wildman–Crippen MR) is 69.3 cm³/mol. The zero-order valence-corrected chi connectivity index (χ0v) is 11.0. The molecule has 0 fully saturated rings. The highest BCUT2D eigenvalue weighted by Gasteiger charge is 2.12. The van der Waals surface area contributed by atoms with E-state index in [1.165, 1.54) is 0 Å². The Hall–Kier alpha value is -1.35. The maximum atomic E-state index is 10.9. The molecule has 0 aliphatic heterocycles. The Labute approximate surface area is 108 Å². The van der Waals surface area contributed by atoms with Crippen LogP contribution in [0, 0.1) is 11.8 Å². The first kappa shape index (κ1) is 14.7. The van der Waals surface area contributed by atoms with Crippen molar-refractivity contribution in [2.75, 3.05) is 12.9 Å². The molecule has 5 heteroatoms. The van der Waals surface area contributed by atoms with Crippen LogP contribution in [0.25, 0.3) is 0 Å². The molecule has 0 spiro atoms. The van der Waals surface area contributed by atoms with Gasteiger partial charge in [-0.3, -0.25) is 4.18 Å². The second-order valence-corrected chi connectivity index (χ2v) is 5.43. The minimum Gasteiger partial charge on any atom is -0.394 e. The lowest BCUT2D eigenvalue weighted by Gasteiger charge is -2.09. The van der Waals surface area contributed by atoms with E-state index in [2.05, 4.69) is 16.0 Å². The van der Waals surface area contributed by atoms with Crippen LogP contribution in [-0.2, 0) is 20.7 Å². The van der Waals surface area contributed by atoms with Crippen molar-refractivity contribution in [2.45, 2.75) is 18.9 Å². The molecule has 0 amide bonds. The minimum atomic E-state index is -3.55. The zero-order chi connectivity index (χ0) is 13.4. The summed E-state index contributed by atoms with van der Waals surface area (Å²) in [4.78, 5) is 0. The molecule has 1 unspecified atom stereocenters. The second kappa shape index (κ2) is 7.17. The number of benzene rings is 1. The van der Waals surface area contributed by atoms with Crippen molar-refractivity contribution >= 4 is 10.1 Å². The third-order valence-corrected chi connectivity index (χ3v) is 2.73. The Morgan fingerprint density at radius 1 is 1.28 bits per heavy atom. The molecule has 0 saturated carbocycles. The van der Waals surface area contributed by atoms with Gasteiger partial charge in [-0.25, -0.2) is 0 Å². The quantitative estimate of drug-likeness (QED) is 0.638. The fraction of sp³-hybridized carbons (Fsp3) is 0.385. The van der Waals surface area contributed by atoms with Gasteiger partial charge in [0.1, 0.15) is 6.10 Å². The molecule has 0 saturated heterocycles. The lowest BCUT2D eigenvalue weighted by Crippen LogP contribution is -2.20. The number of hydrogen-bond donors (Lipinski definition) is 1. The van der Waals surface area contributed by atoms with Gasteiger partial charge >= 0.3 is 0 Å². The van der Waals surface area contributed by atoms with Crippen molar-refractivity contribution in [1.82, 2.24) is 0 Å². The molecule has 1 rings (SSSR count). The number of aliphatic hydroxyl groups is 1. The summed E-state index contributed by atoms with van der Waals surface area (Å²) >= 11 is 0. The normalized spacial score (nSPS) is 12.6. The summed E-state index contributed by atoms with van der Waals surface area (Å²) < 4.78 is 26.4. The van der Waals surface area contributed by atoms with E-state index in [0.717, 1.165) is 11.8 Å². The zero-order valence-electron chi connectivity index (χ0n) is 10.2. The third-order valence-electron chi connectivity index (χ3n) is 2.10. The van der Waals surface area contributed by atoms with Crippen molar-refractivity contribution in [3.05, 3.63) is 35.9 Å². The molecule has 0 heterocycles. The molecule has 4 nitrogen and oxygen atoms in total. The van der Waals surface area contributed by atoms with Gasteiger partial charge in [-0.15, -0.1) is 5.92 Å². The largest absolute Gasteiger partial charge is 0.394 e. The first-order chi connectivity index (χ1) is 8.51. The predicted octanol–water partition coefficient (Wildman–Crippen LogP) is 0.960. The number of rotatable bonds is 5. The molecule has 0 aliphatic carbocycles. The summed E-state index contributed by atoms with van der Waals surface area (Å²) in [6.45, 7) is -0.368. The highest BCUT2D eigenvalue weighted by atomic mass is 32.2. The number of hydrogen-bond acceptors (Lipinski definition) is 4. The molecule has 1 atom stereocenters. The summed E-state index contributed by atoms with van der Waals surface area (Å²) in [7, 11) is -3.55. The smallest absolute Gasteiger partial charge is 0.264 e. The standard InChI is InChI=1S/C13H16O4S/c1-18(15,16)17-13(11-14)10-6-5-9-12-7-3-2-4-8-12/h2-4,7-8,13-14H,9-11H2,1H3. The molecule has 0 aromatic heterocycles. The van der Waals surface area contributed by atoms with Gasteiger partial charge in [0, 0.05) is 12.8 Å². The molecule has 0 radical (unpaired) electrons. The average molecular weight is 268 g/mol. The Morgan fingerprint density at radius 3 is 2.50 bits per heavy atom. The monoisotopic (exact) mass is 268 g/mol. The first-order valence-electron chi connectivity index (χ1n) is 5.50. The van der Waals surface area contributed by atoms with E-state index in [4.69, 9.17) is 5.11 Å². The summed E-state index contributed by atoms with van der Waals surface area (Å²) in [5.74, 6) is 5.72. The van der Waals surface area contributed by atoms with Gasteiger partial charge in [-0.1, -0.05) is 36.3 Å². The van der Waals surface area contributed by atoms with Crippen LogP contribution in [0.3, 0.4) is 0 Å². The van der Waals surface area contributed by atoms with E-state index < -0.39 is 16.2 Å². The van der Waals surface area contributed by atoms with Crippen LogP contribution < -0.4 is 0 Å². The average Bonchev–Trinajstić information content (AvgIpc) is 2.33. The molecular formula is C13H16O4S. The van der Waals surface area contributed by atoms with Crippen molar-refractivity contribution in [3.8, 4) is 11.8 Å². The van der Waals surface area contributed by atoms with Gasteiger partial charge in [-0.05, 0) is 5.56 Å². The number of aliphatic hydroxyl groups excluding tert-OH is 1. The molecule has 0 aliphatic rings. The van der Waals surface area contributed by atoms with Crippen molar-refractivity contribution in [1.29, 1.82) is 0 Å². The van der Waals surface area contributed by atoms with E-state index in [-0.39, 0.29) is 13.0 Å². The minimum absolute atomic E-state index is 0.191. The molecule has 1 N–H and O–H groups in total. The lowest BCUT2D eigenvalue weighted by molar-refractivity contribution is 0.126. The summed E-state index contributed by atoms with van der Waals surface area (Å²) in [5.41, 5.74) is 1.09. The summed E-state index contributed by atoms with van der Waals surface area (Å²) in [6, 6.07) is 9.72. The fourth-order valence-corrected chi connectivity index (χ4v) is 1.95. The van der Waals surface area contributed by atoms with Gasteiger partial charge < -0.3 is 5.11 Å². The first-order valence-corrected chi connectivity index (χ1v) is 7.31. The molecule has 1 aromatic rings. The Kier molecular flexibility index (Phi) is 5.86. The van der Waals surface area contributed by atoms with Crippen LogP contribution in [0.1, 0.15) is 12.0 Å². The maximum Gasteiger partial charge on any atom is 0.264 e. The van der Waals surface area contributed by atoms with Crippen molar-refractivity contribution in [2.24, 2.45) is 0 Å². The fourth-order valence-electron chi connectivity index (χ4n) is 1.32. The highest BCUT2D eigenvalue weighted by Crippen LogP contribution is 2.02. The maximum absolute atomic E-state index is 10.9. The van der Waals surface area contributed by atoms with Gasteiger partial charge in [0.15, 0.2) is 0 Å². The van der Waals surface area contributed by atoms with Gasteiger partial charge in [-0.2, -0.15) is 8.42 Å². The van der Waals surface area contributed by atoms with E-state index in [0.29, 0.717) is 6.42 Å². The highest BCUT2D eigenvalue weighted by molar-refractivity contribution is 7.86. The van der Waals surface area contributed by atoms with Crippen LogP contribution in [-0.4, -0.2) is 32.5 Å². The SMILES string of the molecule is CS(=O)(=O)OC(CO)CC#CCc1ccccc1. The van der Waals surface area contributed by atoms with Crippen LogP contribution in [0.2, 0.25) is 0 Å². The third kappa shape index (κ3) is 6.40. The topological polar surface area (TPSA) is 63.6 Å². The molecular weight excluding hydrogens is 252 g/mol. The Morgan fingerprint density at radius 2 is 1.94 bits per heavy atom. The van der Waals surface area contributed by atoms with Gasteiger partial charge in [0.05, 0.1) is 12.9 Å². The van der Waals surface area contributed by atoms with Crippen LogP contribution in [0.5, 0.6) is 0 Å². The molecule has 18 heavy (non-hydrogen) atoms.